The highest BCUT2D eigenvalue weighted by Gasteiger charge is 2.41. The first-order valence-corrected chi connectivity index (χ1v) is 9.73. The molecule has 0 bridgehead atoms. The van der Waals surface area contributed by atoms with Gasteiger partial charge in [0.1, 0.15) is 5.25 Å². The summed E-state index contributed by atoms with van der Waals surface area (Å²) in [5.41, 5.74) is 1.62. The summed E-state index contributed by atoms with van der Waals surface area (Å²) < 4.78 is 3.06. The molecule has 0 saturated carbocycles. The van der Waals surface area contributed by atoms with E-state index in [2.05, 4.69) is 10.2 Å². The molecule has 26 heavy (non-hydrogen) atoms. The van der Waals surface area contributed by atoms with Crippen molar-refractivity contribution in [1.29, 1.82) is 0 Å². The lowest BCUT2D eigenvalue weighted by Gasteiger charge is -2.14. The van der Waals surface area contributed by atoms with Crippen LogP contribution < -0.4 is 4.90 Å². The maximum Gasteiger partial charge on any atom is 0.247 e. The third-order valence-corrected chi connectivity index (χ3v) is 6.42. The monoisotopic (exact) mass is 380 g/mol. The number of thioether (sulfide) groups is 1. The van der Waals surface area contributed by atoms with Gasteiger partial charge in [0.05, 0.1) is 15.9 Å². The molecule has 2 amide bonds. The van der Waals surface area contributed by atoms with Crippen LogP contribution in [0.4, 0.5) is 5.69 Å². The summed E-state index contributed by atoms with van der Waals surface area (Å²) in [5.74, 6) is -0.392. The van der Waals surface area contributed by atoms with Gasteiger partial charge in [0, 0.05) is 6.42 Å². The third kappa shape index (κ3) is 2.33. The van der Waals surface area contributed by atoms with Crippen LogP contribution in [0.3, 0.4) is 0 Å². The summed E-state index contributed by atoms with van der Waals surface area (Å²) in [6, 6.07) is 17.0. The van der Waals surface area contributed by atoms with Gasteiger partial charge in [-0.3, -0.25) is 14.0 Å². The molecule has 1 atom stereocenters. The molecule has 2 aromatic carbocycles. The Morgan fingerprint density at radius 1 is 1.00 bits per heavy atom. The zero-order chi connectivity index (χ0) is 17.7. The molecule has 6 nitrogen and oxygen atoms in total. The highest BCUT2D eigenvalue weighted by atomic mass is 32.2. The number of carbonyl (C=O) groups excluding carboxylic acids is 2. The summed E-state index contributed by atoms with van der Waals surface area (Å²) in [6.45, 7) is 0. The Morgan fingerprint density at radius 3 is 2.62 bits per heavy atom. The van der Waals surface area contributed by atoms with Crippen molar-refractivity contribution in [3.05, 3.63) is 54.6 Å². The van der Waals surface area contributed by atoms with E-state index in [-0.39, 0.29) is 18.2 Å². The second-order valence-electron chi connectivity index (χ2n) is 5.88. The van der Waals surface area contributed by atoms with Gasteiger partial charge in [0.2, 0.25) is 16.8 Å². The Morgan fingerprint density at radius 2 is 1.77 bits per heavy atom. The SMILES string of the molecule is O=C1C[C@@H](Sc2nnc3sc4ccccc4n23)C(=O)N1c1ccccc1. The van der Waals surface area contributed by atoms with Crippen molar-refractivity contribution in [3.63, 3.8) is 0 Å². The molecule has 0 spiro atoms. The lowest BCUT2D eigenvalue weighted by molar-refractivity contribution is -0.121. The van der Waals surface area contributed by atoms with Crippen molar-refractivity contribution < 1.29 is 9.59 Å². The number of imide groups is 1. The van der Waals surface area contributed by atoms with Crippen molar-refractivity contribution in [2.75, 3.05) is 4.90 Å². The quantitative estimate of drug-likeness (QED) is 0.510. The maximum atomic E-state index is 12.8. The topological polar surface area (TPSA) is 67.6 Å². The molecule has 3 heterocycles. The first-order chi connectivity index (χ1) is 12.7. The number of benzene rings is 2. The Bertz CT molecular complexity index is 1150. The predicted molar refractivity (Wildman–Crippen MR) is 102 cm³/mol. The van der Waals surface area contributed by atoms with E-state index in [9.17, 15) is 9.59 Å². The molecule has 1 saturated heterocycles. The number of anilines is 1. The molecule has 4 aromatic rings. The number of fused-ring (bicyclic) bond motifs is 3. The fraction of sp³-hybridized carbons (Fsp3) is 0.111. The van der Waals surface area contributed by atoms with Gasteiger partial charge in [-0.05, 0) is 24.3 Å². The molecular formula is C18H12N4O2S2. The molecule has 2 aromatic heterocycles. The summed E-state index contributed by atoms with van der Waals surface area (Å²) in [7, 11) is 0. The van der Waals surface area contributed by atoms with E-state index in [1.165, 1.54) is 16.7 Å². The fourth-order valence-electron chi connectivity index (χ4n) is 3.10. The predicted octanol–water partition coefficient (Wildman–Crippen LogP) is 3.37. The number of hydrogen-bond acceptors (Lipinski definition) is 6. The third-order valence-electron chi connectivity index (χ3n) is 4.28. The first-order valence-electron chi connectivity index (χ1n) is 8.03. The van der Waals surface area contributed by atoms with E-state index in [4.69, 9.17) is 0 Å². The van der Waals surface area contributed by atoms with Crippen molar-refractivity contribution in [2.24, 2.45) is 0 Å². The van der Waals surface area contributed by atoms with Gasteiger partial charge in [0.25, 0.3) is 0 Å². The van der Waals surface area contributed by atoms with Crippen molar-refractivity contribution >= 4 is 55.8 Å². The van der Waals surface area contributed by atoms with E-state index in [1.54, 1.807) is 23.5 Å². The average Bonchev–Trinajstić information content (AvgIpc) is 3.29. The Balaban J connectivity index is 1.50. The molecule has 8 heteroatoms. The minimum atomic E-state index is -0.492. The molecule has 1 aliphatic rings. The number of thiazole rings is 1. The summed E-state index contributed by atoms with van der Waals surface area (Å²) in [5, 5.41) is 8.60. The van der Waals surface area contributed by atoms with E-state index < -0.39 is 5.25 Å². The number of rotatable bonds is 3. The molecule has 0 unspecified atom stereocenters. The smallest absolute Gasteiger partial charge is 0.247 e. The van der Waals surface area contributed by atoms with Crippen LogP contribution in [0.1, 0.15) is 6.42 Å². The summed E-state index contributed by atoms with van der Waals surface area (Å²) in [6.07, 6.45) is 0.162. The van der Waals surface area contributed by atoms with Crippen LogP contribution in [-0.4, -0.2) is 31.7 Å². The second kappa shape index (κ2) is 5.93. The minimum absolute atomic E-state index is 0.162. The highest BCUT2D eigenvalue weighted by molar-refractivity contribution is 8.00. The van der Waals surface area contributed by atoms with Crippen LogP contribution in [0, 0.1) is 0 Å². The largest absolute Gasteiger partial charge is 0.274 e. The summed E-state index contributed by atoms with van der Waals surface area (Å²) >= 11 is 2.85. The van der Waals surface area contributed by atoms with Crippen LogP contribution in [0.15, 0.2) is 59.8 Å². The lowest BCUT2D eigenvalue weighted by Crippen LogP contribution is -2.31. The van der Waals surface area contributed by atoms with Gasteiger partial charge in [-0.1, -0.05) is 53.4 Å². The minimum Gasteiger partial charge on any atom is -0.274 e. The van der Waals surface area contributed by atoms with E-state index in [0.29, 0.717) is 10.8 Å². The van der Waals surface area contributed by atoms with Crippen LogP contribution >= 0.6 is 23.1 Å². The molecule has 0 aliphatic carbocycles. The van der Waals surface area contributed by atoms with Crippen molar-refractivity contribution in [2.45, 2.75) is 16.8 Å². The average molecular weight is 380 g/mol. The van der Waals surface area contributed by atoms with Gasteiger partial charge in [-0.25, -0.2) is 4.90 Å². The van der Waals surface area contributed by atoms with Crippen LogP contribution in [0.25, 0.3) is 15.2 Å². The van der Waals surface area contributed by atoms with Gasteiger partial charge < -0.3 is 0 Å². The Kier molecular flexibility index (Phi) is 3.54. The normalized spacial score (nSPS) is 17.7. The number of aromatic nitrogens is 3. The number of para-hydroxylation sites is 2. The van der Waals surface area contributed by atoms with Gasteiger partial charge in [-0.15, -0.1) is 10.2 Å². The van der Waals surface area contributed by atoms with Gasteiger partial charge in [0.15, 0.2) is 5.16 Å². The molecular weight excluding hydrogens is 368 g/mol. The van der Waals surface area contributed by atoms with Crippen LogP contribution in [-0.2, 0) is 9.59 Å². The molecule has 0 N–H and O–H groups in total. The number of hydrogen-bond donors (Lipinski definition) is 0. The lowest BCUT2D eigenvalue weighted by atomic mass is 10.3. The van der Waals surface area contributed by atoms with Crippen molar-refractivity contribution in [3.8, 4) is 0 Å². The maximum absolute atomic E-state index is 12.8. The van der Waals surface area contributed by atoms with Crippen molar-refractivity contribution in [1.82, 2.24) is 14.6 Å². The van der Waals surface area contributed by atoms with E-state index >= 15 is 0 Å². The highest BCUT2D eigenvalue weighted by Crippen LogP contribution is 2.36. The standard InChI is InChI=1S/C18H12N4O2S2/c23-15-10-14(16(24)21(15)11-6-2-1-3-7-11)26-18-20-19-17-22(18)12-8-4-5-9-13(12)25-17/h1-9,14H,10H2/t14-/m1/s1. The number of carbonyl (C=O) groups is 2. The van der Waals surface area contributed by atoms with E-state index in [0.717, 1.165) is 15.2 Å². The Hall–Kier alpha value is -2.71. The number of nitrogens with zero attached hydrogens (tertiary/aromatic N) is 4. The second-order valence-corrected chi connectivity index (χ2v) is 8.06. The number of amides is 2. The van der Waals surface area contributed by atoms with Gasteiger partial charge >= 0.3 is 0 Å². The van der Waals surface area contributed by atoms with E-state index in [1.807, 2.05) is 46.9 Å². The Labute approximate surface area is 156 Å². The fourth-order valence-corrected chi connectivity index (χ4v) is 5.19. The van der Waals surface area contributed by atoms with Gasteiger partial charge in [-0.2, -0.15) is 0 Å². The zero-order valence-electron chi connectivity index (χ0n) is 13.4. The molecule has 128 valence electrons. The zero-order valence-corrected chi connectivity index (χ0v) is 15.0. The molecule has 5 rings (SSSR count). The molecule has 1 fully saturated rings. The summed E-state index contributed by atoms with van der Waals surface area (Å²) in [4.78, 5) is 27.3. The molecule has 0 radical (unpaired) electrons. The first kappa shape index (κ1) is 15.5. The van der Waals surface area contributed by atoms with Crippen LogP contribution in [0.5, 0.6) is 0 Å². The van der Waals surface area contributed by atoms with Crippen LogP contribution in [0.2, 0.25) is 0 Å². The molecule has 1 aliphatic heterocycles.